The van der Waals surface area contributed by atoms with Crippen LogP contribution < -0.4 is 4.90 Å². The Bertz CT molecular complexity index is 772. The lowest BCUT2D eigenvalue weighted by Gasteiger charge is -2.37. The SMILES string of the molecule is CC[C@H](C)N1CC(=O)N([C@@H]2CCCN(c3c(C)cc(Br)cc3C)C2=O)C1=O. The molecule has 6 nitrogen and oxygen atoms in total. The molecule has 0 bridgehead atoms. The first-order chi connectivity index (χ1) is 12.8. The minimum atomic E-state index is -0.713. The summed E-state index contributed by atoms with van der Waals surface area (Å²) in [5.74, 6) is -0.438. The van der Waals surface area contributed by atoms with Crippen molar-refractivity contribution in [3.05, 3.63) is 27.7 Å². The van der Waals surface area contributed by atoms with Crippen molar-refractivity contribution in [3.8, 4) is 0 Å². The topological polar surface area (TPSA) is 60.9 Å². The van der Waals surface area contributed by atoms with Crippen LogP contribution in [-0.4, -0.2) is 52.8 Å². The van der Waals surface area contributed by atoms with E-state index in [1.54, 1.807) is 9.80 Å². The second kappa shape index (κ2) is 7.62. The molecule has 0 aromatic heterocycles. The lowest BCUT2D eigenvalue weighted by atomic mass is 9.99. The number of benzene rings is 1. The van der Waals surface area contributed by atoms with E-state index in [0.29, 0.717) is 13.0 Å². The number of piperidine rings is 1. The van der Waals surface area contributed by atoms with Crippen molar-refractivity contribution in [1.29, 1.82) is 0 Å². The fourth-order valence-corrected chi connectivity index (χ4v) is 4.74. The Hall–Kier alpha value is -1.89. The Balaban J connectivity index is 1.90. The number of carbonyl (C=O) groups excluding carboxylic acids is 3. The third kappa shape index (κ3) is 3.49. The Labute approximate surface area is 168 Å². The van der Waals surface area contributed by atoms with Crippen molar-refractivity contribution in [3.63, 3.8) is 0 Å². The number of halogens is 1. The predicted molar refractivity (Wildman–Crippen MR) is 108 cm³/mol. The van der Waals surface area contributed by atoms with E-state index in [2.05, 4.69) is 15.9 Å². The molecule has 0 spiro atoms. The van der Waals surface area contributed by atoms with Crippen LogP contribution in [0, 0.1) is 13.8 Å². The summed E-state index contributed by atoms with van der Waals surface area (Å²) in [5, 5.41) is 0. The van der Waals surface area contributed by atoms with Crippen molar-refractivity contribution < 1.29 is 14.4 Å². The number of rotatable bonds is 4. The zero-order valence-corrected chi connectivity index (χ0v) is 17.9. The summed E-state index contributed by atoms with van der Waals surface area (Å²) >= 11 is 3.49. The highest BCUT2D eigenvalue weighted by atomic mass is 79.9. The normalized spacial score (nSPS) is 22.0. The largest absolute Gasteiger partial charge is 0.328 e. The van der Waals surface area contributed by atoms with Crippen molar-refractivity contribution in [2.75, 3.05) is 18.0 Å². The Morgan fingerprint density at radius 1 is 1.19 bits per heavy atom. The minimum absolute atomic E-state index is 0.0165. The van der Waals surface area contributed by atoms with Crippen LogP contribution in [0.25, 0.3) is 0 Å². The van der Waals surface area contributed by atoms with E-state index in [1.807, 2.05) is 39.8 Å². The van der Waals surface area contributed by atoms with Gasteiger partial charge < -0.3 is 9.80 Å². The van der Waals surface area contributed by atoms with Gasteiger partial charge in [-0.25, -0.2) is 9.69 Å². The van der Waals surface area contributed by atoms with Gasteiger partial charge in [-0.1, -0.05) is 22.9 Å². The standard InChI is InChI=1S/C20H26BrN3O3/c1-5-14(4)23-11-17(25)24(20(23)27)16-7-6-8-22(19(16)26)18-12(2)9-15(21)10-13(18)3/h9-10,14,16H,5-8,11H2,1-4H3/t14-,16+/m0/s1. The average Bonchev–Trinajstić information content (AvgIpc) is 2.89. The second-order valence-electron chi connectivity index (χ2n) is 7.47. The highest BCUT2D eigenvalue weighted by Gasteiger charge is 2.46. The van der Waals surface area contributed by atoms with Crippen LogP contribution in [0.5, 0.6) is 0 Å². The quantitative estimate of drug-likeness (QED) is 0.678. The van der Waals surface area contributed by atoms with Crippen LogP contribution >= 0.6 is 15.9 Å². The maximum absolute atomic E-state index is 13.3. The molecule has 0 N–H and O–H groups in total. The summed E-state index contributed by atoms with van der Waals surface area (Å²) in [6, 6.07) is 2.90. The molecule has 7 heteroatoms. The van der Waals surface area contributed by atoms with Crippen LogP contribution in [-0.2, 0) is 9.59 Å². The lowest BCUT2D eigenvalue weighted by molar-refractivity contribution is -0.134. The Morgan fingerprint density at radius 2 is 1.81 bits per heavy atom. The van der Waals surface area contributed by atoms with Gasteiger partial charge in [0.05, 0.1) is 0 Å². The van der Waals surface area contributed by atoms with Gasteiger partial charge in [0.25, 0.3) is 5.91 Å². The summed E-state index contributed by atoms with van der Waals surface area (Å²) in [7, 11) is 0. The van der Waals surface area contributed by atoms with Crippen molar-refractivity contribution >= 4 is 39.5 Å². The van der Waals surface area contributed by atoms with Gasteiger partial charge in [-0.2, -0.15) is 0 Å². The number of urea groups is 1. The lowest BCUT2D eigenvalue weighted by Crippen LogP contribution is -2.55. The minimum Gasteiger partial charge on any atom is -0.312 e. The summed E-state index contributed by atoms with van der Waals surface area (Å²) in [6.07, 6.45) is 2.05. The maximum Gasteiger partial charge on any atom is 0.328 e. The van der Waals surface area contributed by atoms with Gasteiger partial charge in [0.15, 0.2) is 0 Å². The fourth-order valence-electron chi connectivity index (χ4n) is 4.05. The molecule has 0 radical (unpaired) electrons. The van der Waals surface area contributed by atoms with Gasteiger partial charge >= 0.3 is 6.03 Å². The molecule has 2 aliphatic heterocycles. The fraction of sp³-hybridized carbons (Fsp3) is 0.550. The molecule has 4 amide bonds. The number of aryl methyl sites for hydroxylation is 2. The molecule has 0 saturated carbocycles. The Kier molecular flexibility index (Phi) is 5.60. The molecule has 2 saturated heterocycles. The number of amides is 4. The second-order valence-corrected chi connectivity index (χ2v) is 8.38. The maximum atomic E-state index is 13.3. The van der Waals surface area contributed by atoms with Crippen LogP contribution in [0.4, 0.5) is 10.5 Å². The third-order valence-corrected chi connectivity index (χ3v) is 6.05. The summed E-state index contributed by atoms with van der Waals surface area (Å²) < 4.78 is 0.969. The molecule has 1 aromatic rings. The van der Waals surface area contributed by atoms with E-state index in [9.17, 15) is 14.4 Å². The first-order valence-electron chi connectivity index (χ1n) is 9.47. The van der Waals surface area contributed by atoms with Gasteiger partial charge in [0.2, 0.25) is 5.91 Å². The molecule has 2 heterocycles. The number of nitrogens with zero attached hydrogens (tertiary/aromatic N) is 3. The molecule has 0 aliphatic carbocycles. The van der Waals surface area contributed by atoms with Gasteiger partial charge in [-0.05, 0) is 63.3 Å². The molecule has 2 aliphatic rings. The smallest absolute Gasteiger partial charge is 0.312 e. The van der Waals surface area contributed by atoms with Crippen LogP contribution in [0.15, 0.2) is 16.6 Å². The molecule has 2 atom stereocenters. The molecule has 3 rings (SSSR count). The number of hydrogen-bond donors (Lipinski definition) is 0. The highest BCUT2D eigenvalue weighted by Crippen LogP contribution is 2.33. The van der Waals surface area contributed by atoms with Gasteiger partial charge in [0.1, 0.15) is 12.6 Å². The predicted octanol–water partition coefficient (Wildman–Crippen LogP) is 3.62. The van der Waals surface area contributed by atoms with E-state index < -0.39 is 6.04 Å². The molecule has 0 unspecified atom stereocenters. The summed E-state index contributed by atoms with van der Waals surface area (Å²) in [4.78, 5) is 43.2. The highest BCUT2D eigenvalue weighted by molar-refractivity contribution is 9.10. The van der Waals surface area contributed by atoms with Crippen LogP contribution in [0.3, 0.4) is 0 Å². The Morgan fingerprint density at radius 3 is 2.41 bits per heavy atom. The van der Waals surface area contributed by atoms with Gasteiger partial charge in [0, 0.05) is 22.7 Å². The van der Waals surface area contributed by atoms with Crippen LogP contribution in [0.2, 0.25) is 0 Å². The third-order valence-electron chi connectivity index (χ3n) is 5.60. The van der Waals surface area contributed by atoms with Gasteiger partial charge in [-0.15, -0.1) is 0 Å². The van der Waals surface area contributed by atoms with E-state index in [4.69, 9.17) is 0 Å². The number of hydrogen-bond acceptors (Lipinski definition) is 3. The van der Waals surface area contributed by atoms with E-state index in [-0.39, 0.29) is 30.4 Å². The van der Waals surface area contributed by atoms with Crippen molar-refractivity contribution in [2.45, 2.75) is 59.0 Å². The molecule has 1 aromatic carbocycles. The zero-order valence-electron chi connectivity index (χ0n) is 16.3. The number of carbonyl (C=O) groups is 3. The molecule has 27 heavy (non-hydrogen) atoms. The average molecular weight is 436 g/mol. The van der Waals surface area contributed by atoms with E-state index in [1.165, 1.54) is 4.90 Å². The van der Waals surface area contributed by atoms with Crippen LogP contribution in [0.1, 0.15) is 44.2 Å². The first kappa shape index (κ1) is 19.9. The van der Waals surface area contributed by atoms with E-state index >= 15 is 0 Å². The molecule has 2 fully saturated rings. The van der Waals surface area contributed by atoms with Crippen molar-refractivity contribution in [1.82, 2.24) is 9.80 Å². The van der Waals surface area contributed by atoms with Gasteiger partial charge in [-0.3, -0.25) is 9.59 Å². The molecular weight excluding hydrogens is 410 g/mol. The molecular formula is C20H26BrN3O3. The number of anilines is 1. The first-order valence-corrected chi connectivity index (χ1v) is 10.3. The van der Waals surface area contributed by atoms with E-state index in [0.717, 1.165) is 34.1 Å². The van der Waals surface area contributed by atoms with Crippen molar-refractivity contribution in [2.24, 2.45) is 0 Å². The number of imide groups is 1. The summed E-state index contributed by atoms with van der Waals surface area (Å²) in [6.45, 7) is 8.52. The zero-order chi connectivity index (χ0) is 19.9. The molecule has 146 valence electrons. The summed E-state index contributed by atoms with van der Waals surface area (Å²) in [5.41, 5.74) is 2.87. The monoisotopic (exact) mass is 435 g/mol.